The Kier molecular flexibility index (Phi) is 4.10. The topological polar surface area (TPSA) is 30.7 Å². The normalized spacial score (nSPS) is 10.1. The molecule has 1 aromatic rings. The van der Waals surface area contributed by atoms with E-state index < -0.39 is 0 Å². The summed E-state index contributed by atoms with van der Waals surface area (Å²) in [5, 5.41) is 7.93. The van der Waals surface area contributed by atoms with E-state index in [1.165, 1.54) is 12.8 Å². The Morgan fingerprint density at radius 1 is 1.54 bits per heavy atom. The molecule has 1 heterocycles. The van der Waals surface area contributed by atoms with Crippen LogP contribution in [0.4, 0.5) is 0 Å². The van der Waals surface area contributed by atoms with Gasteiger partial charge in [-0.2, -0.15) is 0 Å². The highest BCUT2D eigenvalue weighted by molar-refractivity contribution is 7.55. The van der Waals surface area contributed by atoms with Gasteiger partial charge in [0.2, 0.25) is 0 Å². The molecule has 4 heteroatoms. The second kappa shape index (κ2) is 5.13. The van der Waals surface area contributed by atoms with Crippen molar-refractivity contribution in [1.82, 2.24) is 15.0 Å². The largest absolute Gasteiger partial charge is 0.255 e. The van der Waals surface area contributed by atoms with Gasteiger partial charge < -0.3 is 0 Å². The van der Waals surface area contributed by atoms with Gasteiger partial charge in [-0.05, 0) is 12.8 Å². The average Bonchev–Trinajstić information content (AvgIpc) is 2.45. The van der Waals surface area contributed by atoms with Crippen molar-refractivity contribution >= 4 is 13.3 Å². The van der Waals surface area contributed by atoms with Gasteiger partial charge in [-0.25, -0.2) is 0 Å². The van der Waals surface area contributed by atoms with E-state index in [9.17, 15) is 0 Å². The second-order valence-electron chi connectivity index (χ2n) is 3.42. The van der Waals surface area contributed by atoms with Crippen LogP contribution in [0, 0.1) is 0 Å². The molecule has 0 bridgehead atoms. The van der Waals surface area contributed by atoms with Crippen molar-refractivity contribution < 1.29 is 0 Å². The maximum atomic E-state index is 4.04. The Bertz CT molecular complexity index is 287. The van der Waals surface area contributed by atoms with Crippen molar-refractivity contribution in [2.24, 2.45) is 7.05 Å². The van der Waals surface area contributed by atoms with Crippen LogP contribution >= 0.6 is 7.55 Å². The second-order valence-corrected chi connectivity index (χ2v) is 5.71. The molecule has 0 fully saturated rings. The molecular formula is C9H17N3P+. The molecular weight excluding hydrogens is 181 g/mol. The molecule has 0 saturated heterocycles. The number of nitrogens with zero attached hydrogens (tertiary/aromatic N) is 3. The Balaban J connectivity index is 2.24. The van der Waals surface area contributed by atoms with Crippen LogP contribution in [0.2, 0.25) is 0 Å². The van der Waals surface area contributed by atoms with Gasteiger partial charge >= 0.3 is 0 Å². The van der Waals surface area contributed by atoms with Crippen molar-refractivity contribution in [3.05, 3.63) is 11.9 Å². The standard InChI is InChI=1S/C9H17N3P/c1-12-8-9(10-11-12)6-4-5-7-13(2)3/h7-8H,4-6H2,1-3H3/q+1. The maximum Gasteiger partial charge on any atom is 0.0953 e. The van der Waals surface area contributed by atoms with Crippen molar-refractivity contribution in [2.75, 3.05) is 13.3 Å². The first-order valence-electron chi connectivity index (χ1n) is 4.53. The smallest absolute Gasteiger partial charge is 0.0953 e. The zero-order chi connectivity index (χ0) is 9.68. The van der Waals surface area contributed by atoms with Crippen LogP contribution in [-0.4, -0.2) is 34.1 Å². The average molecular weight is 198 g/mol. The van der Waals surface area contributed by atoms with E-state index in [4.69, 9.17) is 0 Å². The van der Waals surface area contributed by atoms with Gasteiger partial charge in [-0.3, -0.25) is 4.68 Å². The molecule has 0 unspecified atom stereocenters. The maximum absolute atomic E-state index is 4.04. The quantitative estimate of drug-likeness (QED) is 0.544. The highest BCUT2D eigenvalue weighted by Crippen LogP contribution is 2.09. The number of hydrogen-bond donors (Lipinski definition) is 0. The summed E-state index contributed by atoms with van der Waals surface area (Å²) in [6.45, 7) is 4.55. The molecule has 0 amide bonds. The summed E-state index contributed by atoms with van der Waals surface area (Å²) < 4.78 is 1.76. The first kappa shape index (κ1) is 10.4. The molecule has 0 spiro atoms. The van der Waals surface area contributed by atoms with E-state index in [-0.39, 0.29) is 7.55 Å². The summed E-state index contributed by atoms with van der Waals surface area (Å²) >= 11 is 0. The molecule has 3 nitrogen and oxygen atoms in total. The SMILES string of the molecule is Cn1cc(CCCC=[P+](C)C)nn1. The van der Waals surface area contributed by atoms with E-state index in [1.807, 2.05) is 13.2 Å². The molecule has 0 N–H and O–H groups in total. The Morgan fingerprint density at radius 3 is 2.85 bits per heavy atom. The summed E-state index contributed by atoms with van der Waals surface area (Å²) in [6.07, 6.45) is 5.43. The summed E-state index contributed by atoms with van der Waals surface area (Å²) in [4.78, 5) is 0. The monoisotopic (exact) mass is 198 g/mol. The van der Waals surface area contributed by atoms with Crippen LogP contribution in [0.5, 0.6) is 0 Å². The van der Waals surface area contributed by atoms with Gasteiger partial charge in [0.1, 0.15) is 0 Å². The van der Waals surface area contributed by atoms with E-state index in [0.717, 1.165) is 12.1 Å². The lowest BCUT2D eigenvalue weighted by molar-refractivity contribution is 0.712. The van der Waals surface area contributed by atoms with Gasteiger partial charge in [0, 0.05) is 19.7 Å². The van der Waals surface area contributed by atoms with Crippen molar-refractivity contribution in [3.63, 3.8) is 0 Å². The van der Waals surface area contributed by atoms with E-state index >= 15 is 0 Å². The minimum atomic E-state index is 0.158. The van der Waals surface area contributed by atoms with Crippen molar-refractivity contribution in [1.29, 1.82) is 0 Å². The van der Waals surface area contributed by atoms with E-state index in [2.05, 4.69) is 29.4 Å². The fraction of sp³-hybridized carbons (Fsp3) is 0.667. The summed E-state index contributed by atoms with van der Waals surface area (Å²) in [7, 11) is 2.06. The number of unbranched alkanes of at least 4 members (excludes halogenated alkanes) is 1. The van der Waals surface area contributed by atoms with Crippen LogP contribution in [0.25, 0.3) is 0 Å². The third-order valence-corrected chi connectivity index (χ3v) is 2.77. The van der Waals surface area contributed by atoms with Crippen LogP contribution in [0.15, 0.2) is 6.20 Å². The van der Waals surface area contributed by atoms with Crippen molar-refractivity contribution in [3.8, 4) is 0 Å². The molecule has 0 aliphatic rings. The molecule has 72 valence electrons. The lowest BCUT2D eigenvalue weighted by atomic mass is 10.2. The van der Waals surface area contributed by atoms with Crippen LogP contribution in [0.1, 0.15) is 18.5 Å². The van der Waals surface area contributed by atoms with Crippen LogP contribution in [-0.2, 0) is 13.5 Å². The molecule has 1 aromatic heterocycles. The van der Waals surface area contributed by atoms with Crippen LogP contribution < -0.4 is 0 Å². The molecule has 13 heavy (non-hydrogen) atoms. The molecule has 1 rings (SSSR count). The van der Waals surface area contributed by atoms with Crippen LogP contribution in [0.3, 0.4) is 0 Å². The van der Waals surface area contributed by atoms with E-state index in [1.54, 1.807) is 4.68 Å². The lowest BCUT2D eigenvalue weighted by Gasteiger charge is -1.89. The first-order chi connectivity index (χ1) is 6.18. The molecule has 0 aliphatic heterocycles. The summed E-state index contributed by atoms with van der Waals surface area (Å²) in [6, 6.07) is 0. The third kappa shape index (κ3) is 4.18. The third-order valence-electron chi connectivity index (χ3n) is 1.78. The first-order valence-corrected chi connectivity index (χ1v) is 6.84. The Morgan fingerprint density at radius 2 is 2.31 bits per heavy atom. The molecule has 0 aliphatic carbocycles. The van der Waals surface area contributed by atoms with Gasteiger partial charge in [-0.15, -0.1) is 5.10 Å². The molecule has 0 aromatic carbocycles. The zero-order valence-corrected chi connectivity index (χ0v) is 9.46. The predicted molar refractivity (Wildman–Crippen MR) is 58.8 cm³/mol. The number of aromatic nitrogens is 3. The molecule has 0 atom stereocenters. The number of aryl methyl sites for hydroxylation is 2. The van der Waals surface area contributed by atoms with Gasteiger partial charge in [0.25, 0.3) is 0 Å². The highest BCUT2D eigenvalue weighted by Gasteiger charge is 1.97. The lowest BCUT2D eigenvalue weighted by Crippen LogP contribution is -1.86. The summed E-state index contributed by atoms with van der Waals surface area (Å²) in [5.74, 6) is 2.41. The minimum Gasteiger partial charge on any atom is -0.255 e. The Labute approximate surface area is 80.5 Å². The zero-order valence-electron chi connectivity index (χ0n) is 8.56. The number of rotatable bonds is 4. The number of hydrogen-bond acceptors (Lipinski definition) is 2. The minimum absolute atomic E-state index is 0.158. The van der Waals surface area contributed by atoms with Gasteiger partial charge in [-0.1, -0.05) is 5.21 Å². The highest BCUT2D eigenvalue weighted by atomic mass is 31.1. The van der Waals surface area contributed by atoms with Gasteiger partial charge in [0.15, 0.2) is 0 Å². The molecule has 0 saturated carbocycles. The fourth-order valence-corrected chi connectivity index (χ4v) is 1.84. The van der Waals surface area contributed by atoms with E-state index in [0.29, 0.717) is 0 Å². The molecule has 0 radical (unpaired) electrons. The van der Waals surface area contributed by atoms with Gasteiger partial charge in [0.05, 0.1) is 32.4 Å². The van der Waals surface area contributed by atoms with Crippen molar-refractivity contribution in [2.45, 2.75) is 19.3 Å². The summed E-state index contributed by atoms with van der Waals surface area (Å²) in [5.41, 5.74) is 1.10. The predicted octanol–water partition coefficient (Wildman–Crippen LogP) is 1.68. The fourth-order valence-electron chi connectivity index (χ4n) is 1.14. The Hall–Kier alpha value is -0.690.